The maximum Gasteiger partial charge on any atom is 0.194 e. The standard InChI is InChI=1S/C17H17ClO2/c1-17(2,3)20-13-10-8-12(9-11-13)16(19)14-6-4-5-7-15(14)18/h4-11H,1-3H3. The first-order valence-corrected chi connectivity index (χ1v) is 6.83. The van der Waals surface area contributed by atoms with E-state index in [9.17, 15) is 4.79 Å². The lowest BCUT2D eigenvalue weighted by Gasteiger charge is -2.21. The summed E-state index contributed by atoms with van der Waals surface area (Å²) in [6, 6.07) is 14.2. The van der Waals surface area contributed by atoms with Crippen LogP contribution in [0.15, 0.2) is 48.5 Å². The van der Waals surface area contributed by atoms with E-state index in [1.54, 1.807) is 48.5 Å². The molecule has 0 unspecified atom stereocenters. The predicted octanol–water partition coefficient (Wildman–Crippen LogP) is 4.75. The third kappa shape index (κ3) is 3.61. The highest BCUT2D eigenvalue weighted by Gasteiger charge is 2.14. The molecule has 0 atom stereocenters. The van der Waals surface area contributed by atoms with Crippen LogP contribution in [0, 0.1) is 0 Å². The van der Waals surface area contributed by atoms with E-state index >= 15 is 0 Å². The van der Waals surface area contributed by atoms with Crippen LogP contribution in [-0.2, 0) is 0 Å². The second kappa shape index (κ2) is 5.68. The van der Waals surface area contributed by atoms with Gasteiger partial charge in [-0.3, -0.25) is 4.79 Å². The molecule has 0 N–H and O–H groups in total. The summed E-state index contributed by atoms with van der Waals surface area (Å²) in [5.41, 5.74) is 0.854. The van der Waals surface area contributed by atoms with Crippen molar-refractivity contribution in [2.45, 2.75) is 26.4 Å². The van der Waals surface area contributed by atoms with Crippen LogP contribution in [0.1, 0.15) is 36.7 Å². The number of carbonyl (C=O) groups excluding carboxylic acids is 1. The Balaban J connectivity index is 2.22. The molecule has 2 aromatic rings. The van der Waals surface area contributed by atoms with Crippen molar-refractivity contribution in [3.8, 4) is 5.75 Å². The Morgan fingerprint density at radius 3 is 2.15 bits per heavy atom. The van der Waals surface area contributed by atoms with Crippen molar-refractivity contribution in [1.82, 2.24) is 0 Å². The predicted molar refractivity (Wildman–Crippen MR) is 81.7 cm³/mol. The van der Waals surface area contributed by atoms with Crippen LogP contribution >= 0.6 is 11.6 Å². The van der Waals surface area contributed by atoms with Gasteiger partial charge in [0.05, 0.1) is 5.02 Å². The summed E-state index contributed by atoms with van der Waals surface area (Å²) >= 11 is 6.04. The van der Waals surface area contributed by atoms with Crippen molar-refractivity contribution in [1.29, 1.82) is 0 Å². The van der Waals surface area contributed by atoms with Gasteiger partial charge in [-0.15, -0.1) is 0 Å². The van der Waals surface area contributed by atoms with Gasteiger partial charge in [-0.1, -0.05) is 23.7 Å². The van der Waals surface area contributed by atoms with Crippen LogP contribution in [-0.4, -0.2) is 11.4 Å². The van der Waals surface area contributed by atoms with Gasteiger partial charge in [0.2, 0.25) is 0 Å². The summed E-state index contributed by atoms with van der Waals surface area (Å²) in [6.07, 6.45) is 0. The maximum atomic E-state index is 12.3. The van der Waals surface area contributed by atoms with Gasteiger partial charge in [-0.25, -0.2) is 0 Å². The zero-order valence-electron chi connectivity index (χ0n) is 11.8. The van der Waals surface area contributed by atoms with Gasteiger partial charge >= 0.3 is 0 Å². The van der Waals surface area contributed by atoms with Gasteiger partial charge in [0, 0.05) is 11.1 Å². The number of hydrogen-bond donors (Lipinski definition) is 0. The second-order valence-electron chi connectivity index (χ2n) is 5.55. The molecule has 3 heteroatoms. The maximum absolute atomic E-state index is 12.3. The van der Waals surface area contributed by atoms with Gasteiger partial charge in [0.25, 0.3) is 0 Å². The van der Waals surface area contributed by atoms with Gasteiger partial charge in [0.1, 0.15) is 11.4 Å². The van der Waals surface area contributed by atoms with Crippen LogP contribution in [0.2, 0.25) is 5.02 Å². The molecule has 2 rings (SSSR count). The van der Waals surface area contributed by atoms with Crippen molar-refractivity contribution in [3.05, 3.63) is 64.7 Å². The summed E-state index contributed by atoms with van der Waals surface area (Å²) in [7, 11) is 0. The topological polar surface area (TPSA) is 26.3 Å². The van der Waals surface area contributed by atoms with Gasteiger partial charge in [0.15, 0.2) is 5.78 Å². The number of benzene rings is 2. The molecule has 0 aromatic heterocycles. The van der Waals surface area contributed by atoms with Crippen LogP contribution in [0.3, 0.4) is 0 Å². The highest BCUT2D eigenvalue weighted by molar-refractivity contribution is 6.34. The summed E-state index contributed by atoms with van der Waals surface area (Å²) < 4.78 is 5.73. The molecule has 0 saturated carbocycles. The van der Waals surface area contributed by atoms with Crippen LogP contribution in [0.25, 0.3) is 0 Å². The minimum Gasteiger partial charge on any atom is -0.488 e. The smallest absolute Gasteiger partial charge is 0.194 e. The third-order valence-electron chi connectivity index (χ3n) is 2.66. The quantitative estimate of drug-likeness (QED) is 0.762. The van der Waals surface area contributed by atoms with E-state index in [0.717, 1.165) is 5.75 Å². The van der Waals surface area contributed by atoms with E-state index < -0.39 is 0 Å². The largest absolute Gasteiger partial charge is 0.488 e. The molecular weight excluding hydrogens is 272 g/mol. The first-order chi connectivity index (χ1) is 9.37. The van der Waals surface area contributed by atoms with Crippen LogP contribution in [0.4, 0.5) is 0 Å². The fraction of sp³-hybridized carbons (Fsp3) is 0.235. The molecule has 0 bridgehead atoms. The number of halogens is 1. The minimum atomic E-state index is -0.256. The summed E-state index contributed by atoms with van der Waals surface area (Å²) in [6.45, 7) is 5.95. The molecule has 20 heavy (non-hydrogen) atoms. The monoisotopic (exact) mass is 288 g/mol. The molecular formula is C17H17ClO2. The molecule has 0 aliphatic heterocycles. The molecule has 0 spiro atoms. The van der Waals surface area contributed by atoms with E-state index in [1.807, 2.05) is 20.8 Å². The van der Waals surface area contributed by atoms with Crippen LogP contribution in [0.5, 0.6) is 5.75 Å². The molecule has 104 valence electrons. The number of rotatable bonds is 3. The van der Waals surface area contributed by atoms with E-state index in [0.29, 0.717) is 16.1 Å². The van der Waals surface area contributed by atoms with Crippen molar-refractivity contribution in [2.75, 3.05) is 0 Å². The average molecular weight is 289 g/mol. The zero-order chi connectivity index (χ0) is 14.8. The SMILES string of the molecule is CC(C)(C)Oc1ccc(C(=O)c2ccccc2Cl)cc1. The summed E-state index contributed by atoms with van der Waals surface area (Å²) in [5, 5.41) is 0.465. The molecule has 0 aliphatic rings. The lowest BCUT2D eigenvalue weighted by molar-refractivity contribution is 0.103. The first kappa shape index (κ1) is 14.6. The van der Waals surface area contributed by atoms with Gasteiger partial charge < -0.3 is 4.74 Å². The van der Waals surface area contributed by atoms with E-state index in [1.165, 1.54) is 0 Å². The molecule has 0 fully saturated rings. The molecule has 0 radical (unpaired) electrons. The van der Waals surface area contributed by atoms with Crippen molar-refractivity contribution in [2.24, 2.45) is 0 Å². The lowest BCUT2D eigenvalue weighted by Crippen LogP contribution is -2.22. The van der Waals surface area contributed by atoms with Crippen LogP contribution < -0.4 is 4.74 Å². The Hall–Kier alpha value is -1.80. The number of carbonyl (C=O) groups is 1. The molecule has 2 nitrogen and oxygen atoms in total. The van der Waals surface area contributed by atoms with Gasteiger partial charge in [-0.05, 0) is 57.2 Å². The Morgan fingerprint density at radius 1 is 1.00 bits per heavy atom. The molecule has 0 heterocycles. The van der Waals surface area contributed by atoms with E-state index in [2.05, 4.69) is 0 Å². The lowest BCUT2D eigenvalue weighted by atomic mass is 10.0. The van der Waals surface area contributed by atoms with Crippen molar-refractivity contribution >= 4 is 17.4 Å². The zero-order valence-corrected chi connectivity index (χ0v) is 12.6. The Bertz CT molecular complexity index is 610. The highest BCUT2D eigenvalue weighted by Crippen LogP contribution is 2.22. The normalized spacial score (nSPS) is 11.2. The Kier molecular flexibility index (Phi) is 4.15. The molecule has 2 aromatic carbocycles. The minimum absolute atomic E-state index is 0.0853. The molecule has 0 amide bonds. The van der Waals surface area contributed by atoms with E-state index in [-0.39, 0.29) is 11.4 Å². The average Bonchev–Trinajstić information content (AvgIpc) is 2.37. The number of ether oxygens (including phenoxy) is 1. The van der Waals surface area contributed by atoms with E-state index in [4.69, 9.17) is 16.3 Å². The fourth-order valence-electron chi connectivity index (χ4n) is 1.83. The second-order valence-corrected chi connectivity index (χ2v) is 5.95. The number of hydrogen-bond acceptors (Lipinski definition) is 2. The van der Waals surface area contributed by atoms with Crippen molar-refractivity contribution < 1.29 is 9.53 Å². The third-order valence-corrected chi connectivity index (χ3v) is 2.99. The Labute approximate surface area is 124 Å². The highest BCUT2D eigenvalue weighted by atomic mass is 35.5. The van der Waals surface area contributed by atoms with Gasteiger partial charge in [-0.2, -0.15) is 0 Å². The Morgan fingerprint density at radius 2 is 1.60 bits per heavy atom. The molecule has 0 aliphatic carbocycles. The number of ketones is 1. The molecule has 0 saturated heterocycles. The fourth-order valence-corrected chi connectivity index (χ4v) is 2.05. The first-order valence-electron chi connectivity index (χ1n) is 6.45. The summed E-state index contributed by atoms with van der Waals surface area (Å²) in [4.78, 5) is 12.3. The van der Waals surface area contributed by atoms with Crippen molar-refractivity contribution in [3.63, 3.8) is 0 Å². The summed E-state index contributed by atoms with van der Waals surface area (Å²) in [5.74, 6) is 0.658.